The normalized spacial score (nSPS) is 16.4. The van der Waals surface area contributed by atoms with E-state index in [4.69, 9.17) is 0 Å². The van der Waals surface area contributed by atoms with Crippen LogP contribution in [0.3, 0.4) is 0 Å². The molecule has 7 nitrogen and oxygen atoms in total. The van der Waals surface area contributed by atoms with Crippen LogP contribution in [0, 0.1) is 10.1 Å². The van der Waals surface area contributed by atoms with E-state index in [2.05, 4.69) is 0 Å². The molecule has 2 aromatic rings. The van der Waals surface area contributed by atoms with E-state index in [1.807, 2.05) is 4.90 Å². The fourth-order valence-corrected chi connectivity index (χ4v) is 5.08. The van der Waals surface area contributed by atoms with Crippen molar-refractivity contribution in [3.8, 4) is 0 Å². The Morgan fingerprint density at radius 1 is 1.04 bits per heavy atom. The zero-order chi connectivity index (χ0) is 16.4. The molecular formula is C14H15N3O4S2. The molecule has 1 aromatic carbocycles. The van der Waals surface area contributed by atoms with Crippen molar-refractivity contribution in [2.45, 2.75) is 4.21 Å². The summed E-state index contributed by atoms with van der Waals surface area (Å²) in [7, 11) is -3.41. The first kappa shape index (κ1) is 15.9. The van der Waals surface area contributed by atoms with Gasteiger partial charge >= 0.3 is 0 Å². The summed E-state index contributed by atoms with van der Waals surface area (Å²) < 4.78 is 26.8. The van der Waals surface area contributed by atoms with Gasteiger partial charge in [0.15, 0.2) is 0 Å². The molecule has 9 heteroatoms. The Morgan fingerprint density at radius 3 is 2.22 bits per heavy atom. The molecule has 1 saturated heterocycles. The van der Waals surface area contributed by atoms with Gasteiger partial charge in [-0.2, -0.15) is 4.31 Å². The summed E-state index contributed by atoms with van der Waals surface area (Å²) >= 11 is 1.22. The smallest absolute Gasteiger partial charge is 0.269 e. The van der Waals surface area contributed by atoms with Crippen LogP contribution in [-0.2, 0) is 10.0 Å². The van der Waals surface area contributed by atoms with Crippen LogP contribution in [0.4, 0.5) is 11.4 Å². The topological polar surface area (TPSA) is 83.8 Å². The SMILES string of the molecule is O=[N+]([O-])c1ccc(N2CCN(S(=O)(=O)c3cccs3)CC2)cc1. The summed E-state index contributed by atoms with van der Waals surface area (Å²) in [4.78, 5) is 12.3. The number of piperazine rings is 1. The summed E-state index contributed by atoms with van der Waals surface area (Å²) in [5, 5.41) is 12.4. The van der Waals surface area contributed by atoms with Crippen LogP contribution >= 0.6 is 11.3 Å². The van der Waals surface area contributed by atoms with Crippen LogP contribution in [0.5, 0.6) is 0 Å². The molecule has 1 fully saturated rings. The number of rotatable bonds is 4. The molecule has 23 heavy (non-hydrogen) atoms. The average Bonchev–Trinajstić information content (AvgIpc) is 3.10. The van der Waals surface area contributed by atoms with Gasteiger partial charge in [0.1, 0.15) is 4.21 Å². The van der Waals surface area contributed by atoms with Crippen LogP contribution < -0.4 is 4.90 Å². The minimum atomic E-state index is -3.41. The molecule has 0 saturated carbocycles. The maximum Gasteiger partial charge on any atom is 0.269 e. The van der Waals surface area contributed by atoms with Crippen molar-refractivity contribution >= 4 is 32.7 Å². The Bertz CT molecular complexity index is 780. The largest absolute Gasteiger partial charge is 0.369 e. The number of benzene rings is 1. The minimum Gasteiger partial charge on any atom is -0.369 e. The van der Waals surface area contributed by atoms with E-state index in [0.29, 0.717) is 30.4 Å². The second-order valence-corrected chi connectivity index (χ2v) is 8.21. The van der Waals surface area contributed by atoms with E-state index < -0.39 is 14.9 Å². The zero-order valence-electron chi connectivity index (χ0n) is 12.2. The number of non-ortho nitro benzene ring substituents is 1. The van der Waals surface area contributed by atoms with Crippen LogP contribution in [0.2, 0.25) is 0 Å². The van der Waals surface area contributed by atoms with E-state index in [9.17, 15) is 18.5 Å². The van der Waals surface area contributed by atoms with Crippen LogP contribution in [0.25, 0.3) is 0 Å². The molecule has 1 aromatic heterocycles. The lowest BCUT2D eigenvalue weighted by Gasteiger charge is -2.35. The van der Waals surface area contributed by atoms with Crippen LogP contribution in [0.15, 0.2) is 46.0 Å². The molecule has 0 spiro atoms. The first-order valence-electron chi connectivity index (χ1n) is 7.01. The molecule has 2 heterocycles. The Morgan fingerprint density at radius 2 is 1.70 bits per heavy atom. The Kier molecular flexibility index (Phi) is 4.33. The van der Waals surface area contributed by atoms with E-state index >= 15 is 0 Å². The summed E-state index contributed by atoms with van der Waals surface area (Å²) in [6.45, 7) is 1.92. The number of anilines is 1. The monoisotopic (exact) mass is 353 g/mol. The van der Waals surface area contributed by atoms with Crippen LogP contribution in [0.1, 0.15) is 0 Å². The predicted octanol–water partition coefficient (Wildman–Crippen LogP) is 2.17. The highest BCUT2D eigenvalue weighted by Gasteiger charge is 2.29. The first-order chi connectivity index (χ1) is 11.0. The van der Waals surface area contributed by atoms with Gasteiger partial charge in [0.05, 0.1) is 4.92 Å². The zero-order valence-corrected chi connectivity index (χ0v) is 13.8. The molecule has 3 rings (SSSR count). The maximum atomic E-state index is 12.5. The number of nitro groups is 1. The second-order valence-electron chi connectivity index (χ2n) is 5.10. The quantitative estimate of drug-likeness (QED) is 0.621. The van der Waals surface area contributed by atoms with Crippen molar-refractivity contribution in [3.05, 3.63) is 51.9 Å². The van der Waals surface area contributed by atoms with Gasteiger partial charge in [-0.05, 0) is 23.6 Å². The van der Waals surface area contributed by atoms with Crippen molar-refractivity contribution in [1.82, 2.24) is 4.31 Å². The summed E-state index contributed by atoms with van der Waals surface area (Å²) in [6, 6.07) is 9.66. The summed E-state index contributed by atoms with van der Waals surface area (Å²) in [5.41, 5.74) is 0.913. The Labute approximate surface area is 138 Å². The molecule has 1 aliphatic rings. The van der Waals surface area contributed by atoms with E-state index in [-0.39, 0.29) is 5.69 Å². The number of nitrogens with zero attached hydrogens (tertiary/aromatic N) is 3. The van der Waals surface area contributed by atoms with E-state index in [0.717, 1.165) is 5.69 Å². The number of nitro benzene ring substituents is 1. The van der Waals surface area contributed by atoms with Crippen molar-refractivity contribution in [1.29, 1.82) is 0 Å². The van der Waals surface area contributed by atoms with Crippen molar-refractivity contribution in [2.75, 3.05) is 31.1 Å². The fraction of sp³-hybridized carbons (Fsp3) is 0.286. The highest BCUT2D eigenvalue weighted by Crippen LogP contribution is 2.25. The van der Waals surface area contributed by atoms with E-state index in [1.165, 1.54) is 27.8 Å². The van der Waals surface area contributed by atoms with Gasteiger partial charge in [0.2, 0.25) is 0 Å². The summed E-state index contributed by atoms with van der Waals surface area (Å²) in [5.74, 6) is 0. The van der Waals surface area contributed by atoms with E-state index in [1.54, 1.807) is 29.6 Å². The molecule has 0 atom stereocenters. The molecule has 122 valence electrons. The predicted molar refractivity (Wildman–Crippen MR) is 88.4 cm³/mol. The van der Waals surface area contributed by atoms with Gasteiger partial charge in [0.25, 0.3) is 15.7 Å². The molecule has 0 N–H and O–H groups in total. The van der Waals surface area contributed by atoms with Crippen molar-refractivity contribution < 1.29 is 13.3 Å². The third-order valence-electron chi connectivity index (χ3n) is 3.75. The standard InChI is InChI=1S/C14H15N3O4S2/c18-17(19)13-5-3-12(4-6-13)15-7-9-16(10-8-15)23(20,21)14-2-1-11-22-14/h1-6,11H,7-10H2. The van der Waals surface area contributed by atoms with Gasteiger partial charge in [0, 0.05) is 44.0 Å². The van der Waals surface area contributed by atoms with Gasteiger partial charge < -0.3 is 4.90 Å². The molecular weight excluding hydrogens is 338 g/mol. The first-order valence-corrected chi connectivity index (χ1v) is 9.33. The number of thiophene rings is 1. The number of hydrogen-bond acceptors (Lipinski definition) is 6. The Balaban J connectivity index is 1.68. The fourth-order valence-electron chi connectivity index (χ4n) is 2.51. The Hall–Kier alpha value is -1.97. The molecule has 0 radical (unpaired) electrons. The van der Waals surface area contributed by atoms with Gasteiger partial charge in [-0.25, -0.2) is 8.42 Å². The van der Waals surface area contributed by atoms with Gasteiger partial charge in [-0.1, -0.05) is 6.07 Å². The lowest BCUT2D eigenvalue weighted by Crippen LogP contribution is -2.48. The third kappa shape index (κ3) is 3.21. The number of hydrogen-bond donors (Lipinski definition) is 0. The molecule has 0 amide bonds. The molecule has 1 aliphatic heterocycles. The second kappa shape index (κ2) is 6.26. The molecule has 0 unspecified atom stereocenters. The highest BCUT2D eigenvalue weighted by molar-refractivity contribution is 7.91. The lowest BCUT2D eigenvalue weighted by atomic mass is 10.2. The van der Waals surface area contributed by atoms with Crippen molar-refractivity contribution in [3.63, 3.8) is 0 Å². The average molecular weight is 353 g/mol. The maximum absolute atomic E-state index is 12.5. The van der Waals surface area contributed by atoms with Gasteiger partial charge in [-0.3, -0.25) is 10.1 Å². The summed E-state index contributed by atoms with van der Waals surface area (Å²) in [6.07, 6.45) is 0. The molecule has 0 bridgehead atoms. The third-order valence-corrected chi connectivity index (χ3v) is 7.03. The van der Waals surface area contributed by atoms with Gasteiger partial charge in [-0.15, -0.1) is 11.3 Å². The lowest BCUT2D eigenvalue weighted by molar-refractivity contribution is -0.384. The van der Waals surface area contributed by atoms with Crippen molar-refractivity contribution in [2.24, 2.45) is 0 Å². The highest BCUT2D eigenvalue weighted by atomic mass is 32.2. The number of sulfonamides is 1. The minimum absolute atomic E-state index is 0.0488. The van der Waals surface area contributed by atoms with Crippen LogP contribution in [-0.4, -0.2) is 43.8 Å². The molecule has 0 aliphatic carbocycles.